The Morgan fingerprint density at radius 1 is 1.08 bits per heavy atom. The Hall–Kier alpha value is -2.69. The Kier molecular flexibility index (Phi) is 6.69. The maximum Gasteiger partial charge on any atom is 0.239 e. The number of hydrogen-bond donors (Lipinski definition) is 2. The summed E-state index contributed by atoms with van der Waals surface area (Å²) in [5.41, 5.74) is 1.94. The molecule has 130 valence electrons. The van der Waals surface area contributed by atoms with Crippen molar-refractivity contribution in [3.05, 3.63) is 65.7 Å². The normalized spacial score (nSPS) is 10.8. The van der Waals surface area contributed by atoms with E-state index in [1.807, 2.05) is 36.4 Å². The van der Waals surface area contributed by atoms with E-state index in [0.29, 0.717) is 24.1 Å². The Labute approximate surface area is 147 Å². The summed E-state index contributed by atoms with van der Waals surface area (Å²) in [5.74, 6) is -0.527. The number of nitriles is 1. The molecule has 2 N–H and O–H groups in total. The van der Waals surface area contributed by atoms with Crippen LogP contribution in [-0.4, -0.2) is 26.6 Å². The molecule has 0 saturated carbocycles. The zero-order chi connectivity index (χ0) is 18.1. The first-order valence-electron chi connectivity index (χ1n) is 7.80. The smallest absolute Gasteiger partial charge is 0.239 e. The molecule has 0 aliphatic heterocycles. The Morgan fingerprint density at radius 2 is 1.84 bits per heavy atom. The average Bonchev–Trinajstić information content (AvgIpc) is 2.61. The first-order valence-corrected chi connectivity index (χ1v) is 9.45. The van der Waals surface area contributed by atoms with Gasteiger partial charge in [-0.05, 0) is 36.6 Å². The van der Waals surface area contributed by atoms with Gasteiger partial charge in [0.05, 0.1) is 23.9 Å². The van der Waals surface area contributed by atoms with Gasteiger partial charge in [0.15, 0.2) is 0 Å². The lowest BCUT2D eigenvalue weighted by atomic mass is 10.1. The fourth-order valence-corrected chi connectivity index (χ4v) is 3.25. The van der Waals surface area contributed by atoms with Gasteiger partial charge in [-0.15, -0.1) is 0 Å². The minimum atomic E-state index is -3.52. The second-order valence-corrected chi connectivity index (χ2v) is 7.40. The minimum absolute atomic E-state index is 0.0426. The first kappa shape index (κ1) is 18.6. The fourth-order valence-electron chi connectivity index (χ4n) is 2.23. The third kappa shape index (κ3) is 6.75. The Morgan fingerprint density at radius 3 is 2.56 bits per heavy atom. The van der Waals surface area contributed by atoms with Crippen molar-refractivity contribution in [2.24, 2.45) is 0 Å². The van der Waals surface area contributed by atoms with E-state index in [1.54, 1.807) is 18.2 Å². The molecule has 7 heteroatoms. The lowest BCUT2D eigenvalue weighted by Gasteiger charge is -2.08. The second-order valence-electron chi connectivity index (χ2n) is 5.47. The highest BCUT2D eigenvalue weighted by Gasteiger charge is 2.12. The van der Waals surface area contributed by atoms with Crippen LogP contribution in [0.1, 0.15) is 17.5 Å². The third-order valence-corrected chi connectivity index (χ3v) is 4.86. The van der Waals surface area contributed by atoms with E-state index < -0.39 is 15.9 Å². The second kappa shape index (κ2) is 8.97. The predicted molar refractivity (Wildman–Crippen MR) is 96.3 cm³/mol. The SMILES string of the molecule is N#Cc1cccc(NC(=O)CNS(=O)(=O)CCCc2ccccc2)c1. The molecule has 6 nitrogen and oxygen atoms in total. The number of rotatable bonds is 8. The van der Waals surface area contributed by atoms with Gasteiger partial charge < -0.3 is 5.32 Å². The highest BCUT2D eigenvalue weighted by molar-refractivity contribution is 7.89. The predicted octanol–water partition coefficient (Wildman–Crippen LogP) is 2.05. The highest BCUT2D eigenvalue weighted by atomic mass is 32.2. The van der Waals surface area contributed by atoms with Crippen molar-refractivity contribution in [1.29, 1.82) is 5.26 Å². The Balaban J connectivity index is 1.76. The standard InChI is InChI=1S/C18H19N3O3S/c19-13-16-8-4-10-17(12-16)21-18(22)14-20-25(23,24)11-5-9-15-6-2-1-3-7-15/h1-4,6-8,10,12,20H,5,9,11,14H2,(H,21,22). The molecular formula is C18H19N3O3S. The molecule has 2 aromatic carbocycles. The van der Waals surface area contributed by atoms with E-state index in [0.717, 1.165) is 5.56 Å². The minimum Gasteiger partial charge on any atom is -0.325 e. The third-order valence-electron chi connectivity index (χ3n) is 3.45. The van der Waals surface area contributed by atoms with Gasteiger partial charge in [0.1, 0.15) is 0 Å². The largest absolute Gasteiger partial charge is 0.325 e. The summed E-state index contributed by atoms with van der Waals surface area (Å²) in [5, 5.41) is 11.4. The van der Waals surface area contributed by atoms with Crippen LogP contribution in [0.2, 0.25) is 0 Å². The van der Waals surface area contributed by atoms with Gasteiger partial charge in [-0.3, -0.25) is 4.79 Å². The highest BCUT2D eigenvalue weighted by Crippen LogP contribution is 2.09. The van der Waals surface area contributed by atoms with Crippen LogP contribution in [-0.2, 0) is 21.2 Å². The van der Waals surface area contributed by atoms with Gasteiger partial charge in [0, 0.05) is 5.69 Å². The molecule has 0 saturated heterocycles. The molecular weight excluding hydrogens is 338 g/mol. The van der Waals surface area contributed by atoms with Crippen LogP contribution in [0, 0.1) is 11.3 Å². The molecule has 25 heavy (non-hydrogen) atoms. The lowest BCUT2D eigenvalue weighted by molar-refractivity contribution is -0.115. The summed E-state index contributed by atoms with van der Waals surface area (Å²) < 4.78 is 26.2. The maximum atomic E-state index is 11.9. The summed E-state index contributed by atoms with van der Waals surface area (Å²) in [4.78, 5) is 11.8. The zero-order valence-electron chi connectivity index (χ0n) is 13.6. The van der Waals surface area contributed by atoms with E-state index in [9.17, 15) is 13.2 Å². The van der Waals surface area contributed by atoms with E-state index >= 15 is 0 Å². The molecule has 0 radical (unpaired) electrons. The molecule has 0 bridgehead atoms. The topological polar surface area (TPSA) is 99.1 Å². The summed E-state index contributed by atoms with van der Waals surface area (Å²) in [7, 11) is -3.52. The summed E-state index contributed by atoms with van der Waals surface area (Å²) in [6.45, 7) is -0.343. The number of anilines is 1. The van der Waals surface area contributed by atoms with Gasteiger partial charge in [-0.25, -0.2) is 13.1 Å². The quantitative estimate of drug-likeness (QED) is 0.755. The van der Waals surface area contributed by atoms with Crippen LogP contribution in [0.15, 0.2) is 54.6 Å². The number of hydrogen-bond acceptors (Lipinski definition) is 4. The number of amides is 1. The van der Waals surface area contributed by atoms with Crippen molar-refractivity contribution in [3.63, 3.8) is 0 Å². The zero-order valence-corrected chi connectivity index (χ0v) is 14.4. The molecule has 0 unspecified atom stereocenters. The van der Waals surface area contributed by atoms with Gasteiger partial charge >= 0.3 is 0 Å². The molecule has 1 amide bonds. The molecule has 0 fully saturated rings. The van der Waals surface area contributed by atoms with Crippen LogP contribution in [0.3, 0.4) is 0 Å². The average molecular weight is 357 g/mol. The monoisotopic (exact) mass is 357 g/mol. The van der Waals surface area contributed by atoms with Crippen LogP contribution < -0.4 is 10.0 Å². The number of nitrogens with zero attached hydrogens (tertiary/aromatic N) is 1. The fraction of sp³-hybridized carbons (Fsp3) is 0.222. The number of benzene rings is 2. The summed E-state index contributed by atoms with van der Waals surface area (Å²) in [6, 6.07) is 18.0. The van der Waals surface area contributed by atoms with Crippen LogP contribution in [0.4, 0.5) is 5.69 Å². The molecule has 0 heterocycles. The molecule has 2 aromatic rings. The number of aryl methyl sites for hydroxylation is 1. The van der Waals surface area contributed by atoms with Crippen molar-refractivity contribution >= 4 is 21.6 Å². The summed E-state index contributed by atoms with van der Waals surface area (Å²) >= 11 is 0. The van der Waals surface area contributed by atoms with Crippen molar-refractivity contribution < 1.29 is 13.2 Å². The van der Waals surface area contributed by atoms with Crippen LogP contribution in [0.25, 0.3) is 0 Å². The van der Waals surface area contributed by atoms with Crippen molar-refractivity contribution in [1.82, 2.24) is 4.72 Å². The van der Waals surface area contributed by atoms with Crippen LogP contribution in [0.5, 0.6) is 0 Å². The van der Waals surface area contributed by atoms with E-state index in [4.69, 9.17) is 5.26 Å². The van der Waals surface area contributed by atoms with E-state index in [-0.39, 0.29) is 12.3 Å². The van der Waals surface area contributed by atoms with Gasteiger partial charge in [-0.1, -0.05) is 36.4 Å². The molecule has 0 spiro atoms. The number of carbonyl (C=O) groups is 1. The van der Waals surface area contributed by atoms with Crippen molar-refractivity contribution in [2.45, 2.75) is 12.8 Å². The number of carbonyl (C=O) groups excluding carboxylic acids is 1. The Bertz CT molecular complexity index is 859. The number of sulfonamides is 1. The summed E-state index contributed by atoms with van der Waals surface area (Å²) in [6.07, 6.45) is 1.14. The molecule has 0 aliphatic carbocycles. The molecule has 0 atom stereocenters. The van der Waals surface area contributed by atoms with Gasteiger partial charge in [0.25, 0.3) is 0 Å². The van der Waals surface area contributed by atoms with E-state index in [1.165, 1.54) is 6.07 Å². The van der Waals surface area contributed by atoms with Gasteiger partial charge in [0.2, 0.25) is 15.9 Å². The van der Waals surface area contributed by atoms with E-state index in [2.05, 4.69) is 10.0 Å². The first-order chi connectivity index (χ1) is 12.0. The number of nitrogens with one attached hydrogen (secondary N) is 2. The van der Waals surface area contributed by atoms with Crippen LogP contribution >= 0.6 is 0 Å². The molecule has 0 aromatic heterocycles. The molecule has 2 rings (SSSR count). The van der Waals surface area contributed by atoms with Crippen molar-refractivity contribution in [3.8, 4) is 6.07 Å². The molecule has 0 aliphatic rings. The van der Waals surface area contributed by atoms with Gasteiger partial charge in [-0.2, -0.15) is 5.26 Å². The van der Waals surface area contributed by atoms with Crippen molar-refractivity contribution in [2.75, 3.05) is 17.6 Å². The lowest BCUT2D eigenvalue weighted by Crippen LogP contribution is -2.34. The maximum absolute atomic E-state index is 11.9.